The number of rotatable bonds is 7. The van der Waals surface area contributed by atoms with Crippen molar-refractivity contribution in [3.8, 4) is 0 Å². The van der Waals surface area contributed by atoms with Crippen LogP contribution in [-0.4, -0.2) is 51.1 Å². The van der Waals surface area contributed by atoms with Gasteiger partial charge in [0.15, 0.2) is 0 Å². The third-order valence-electron chi connectivity index (χ3n) is 4.47. The van der Waals surface area contributed by atoms with Crippen molar-refractivity contribution in [2.75, 3.05) is 12.8 Å². The number of carbonyl (C=O) groups excluding carboxylic acids is 2. The third-order valence-corrected chi connectivity index (χ3v) is 5.84. The first-order chi connectivity index (χ1) is 9.83. The van der Waals surface area contributed by atoms with Crippen molar-refractivity contribution in [3.63, 3.8) is 0 Å². The van der Waals surface area contributed by atoms with E-state index in [2.05, 4.69) is 5.32 Å². The van der Waals surface area contributed by atoms with E-state index in [1.807, 2.05) is 27.7 Å². The van der Waals surface area contributed by atoms with Crippen LogP contribution in [0.25, 0.3) is 0 Å². The average molecular weight is 316 g/mol. The summed E-state index contributed by atoms with van der Waals surface area (Å²) in [5.41, 5.74) is 0. The van der Waals surface area contributed by atoms with Crippen molar-refractivity contribution in [2.45, 2.75) is 64.3 Å². The molecule has 1 rings (SSSR count). The van der Waals surface area contributed by atoms with Gasteiger partial charge in [-0.1, -0.05) is 34.1 Å². The Hall–Kier alpha value is -0.910. The molecule has 0 radical (unpaired) electrons. The minimum absolute atomic E-state index is 0.00452. The van der Waals surface area contributed by atoms with Gasteiger partial charge in [-0.2, -0.15) is 0 Å². The first-order valence-corrected chi connectivity index (χ1v) is 9.38. The molecule has 0 saturated carbocycles. The van der Waals surface area contributed by atoms with Gasteiger partial charge in [0.2, 0.25) is 11.8 Å². The molecule has 0 aromatic heterocycles. The molecule has 0 bridgehead atoms. The molecule has 5 nitrogen and oxygen atoms in total. The molecule has 122 valence electrons. The molecule has 21 heavy (non-hydrogen) atoms. The van der Waals surface area contributed by atoms with Gasteiger partial charge < -0.3 is 10.2 Å². The summed E-state index contributed by atoms with van der Waals surface area (Å²) < 4.78 is 11.5. The Morgan fingerprint density at radius 3 is 2.38 bits per heavy atom. The van der Waals surface area contributed by atoms with Crippen LogP contribution in [0.1, 0.15) is 47.0 Å². The molecule has 2 amide bonds. The molecule has 1 fully saturated rings. The molecule has 1 aliphatic heterocycles. The minimum Gasteiger partial charge on any atom is -0.342 e. The Morgan fingerprint density at radius 2 is 1.90 bits per heavy atom. The van der Waals surface area contributed by atoms with Gasteiger partial charge in [-0.05, 0) is 18.8 Å². The van der Waals surface area contributed by atoms with Crippen LogP contribution in [0.15, 0.2) is 0 Å². The van der Waals surface area contributed by atoms with Crippen molar-refractivity contribution in [1.82, 2.24) is 10.2 Å². The number of nitrogens with one attached hydrogen (secondary N) is 1. The van der Waals surface area contributed by atoms with E-state index in [9.17, 15) is 13.8 Å². The van der Waals surface area contributed by atoms with Crippen molar-refractivity contribution in [1.29, 1.82) is 0 Å². The number of piperazine rings is 1. The third kappa shape index (κ3) is 4.28. The Bertz CT molecular complexity index is 414. The lowest BCUT2D eigenvalue weighted by Crippen LogP contribution is -2.65. The lowest BCUT2D eigenvalue weighted by atomic mass is 9.93. The average Bonchev–Trinajstić information content (AvgIpc) is 2.45. The number of nitrogens with zero attached hydrogens (tertiary/aromatic N) is 1. The maximum absolute atomic E-state index is 12.7. The monoisotopic (exact) mass is 316 g/mol. The lowest BCUT2D eigenvalue weighted by Gasteiger charge is -2.40. The molecular formula is C15H28N2O3S. The summed E-state index contributed by atoms with van der Waals surface area (Å²) in [5, 5.41) is 2.90. The largest absolute Gasteiger partial charge is 0.342 e. The van der Waals surface area contributed by atoms with Crippen molar-refractivity contribution in [3.05, 3.63) is 0 Å². The highest BCUT2D eigenvalue weighted by atomic mass is 32.2. The van der Waals surface area contributed by atoms with Gasteiger partial charge >= 0.3 is 0 Å². The maximum atomic E-state index is 12.7. The van der Waals surface area contributed by atoms with Crippen LogP contribution < -0.4 is 5.32 Å². The zero-order valence-corrected chi connectivity index (χ0v) is 14.5. The van der Waals surface area contributed by atoms with Crippen molar-refractivity contribution in [2.24, 2.45) is 5.92 Å². The second kappa shape index (κ2) is 7.92. The predicted octanol–water partition coefficient (Wildman–Crippen LogP) is 1.30. The smallest absolute Gasteiger partial charge is 0.246 e. The van der Waals surface area contributed by atoms with E-state index in [1.54, 1.807) is 11.2 Å². The summed E-state index contributed by atoms with van der Waals surface area (Å²) in [4.78, 5) is 26.6. The van der Waals surface area contributed by atoms with Crippen LogP contribution in [-0.2, 0) is 20.4 Å². The fourth-order valence-electron chi connectivity index (χ4n) is 2.56. The van der Waals surface area contributed by atoms with Gasteiger partial charge in [-0.15, -0.1) is 0 Å². The van der Waals surface area contributed by atoms with Crippen LogP contribution in [0.4, 0.5) is 0 Å². The van der Waals surface area contributed by atoms with Crippen molar-refractivity contribution >= 4 is 22.6 Å². The quantitative estimate of drug-likeness (QED) is 0.770. The van der Waals surface area contributed by atoms with Gasteiger partial charge in [0.1, 0.15) is 12.1 Å². The molecule has 0 aromatic rings. The van der Waals surface area contributed by atoms with E-state index in [0.717, 1.165) is 6.42 Å². The Balaban J connectivity index is 2.86. The van der Waals surface area contributed by atoms with Gasteiger partial charge in [0, 0.05) is 28.9 Å². The van der Waals surface area contributed by atoms with Gasteiger partial charge in [0.25, 0.3) is 0 Å². The van der Waals surface area contributed by atoms with E-state index < -0.39 is 22.9 Å². The van der Waals surface area contributed by atoms with Crippen LogP contribution in [0.5, 0.6) is 0 Å². The SMILES string of the molecule is CCC(C)C1NC(=O)C(CC)N(CCC(C)S(C)=O)C1=O. The van der Waals surface area contributed by atoms with E-state index >= 15 is 0 Å². The van der Waals surface area contributed by atoms with Gasteiger partial charge in [-0.3, -0.25) is 13.8 Å². The highest BCUT2D eigenvalue weighted by Gasteiger charge is 2.41. The summed E-state index contributed by atoms with van der Waals surface area (Å²) >= 11 is 0. The van der Waals surface area contributed by atoms with E-state index in [1.165, 1.54) is 0 Å². The summed E-state index contributed by atoms with van der Waals surface area (Å²) in [6.45, 7) is 8.32. The molecule has 6 heteroatoms. The summed E-state index contributed by atoms with van der Waals surface area (Å²) in [7, 11) is -0.905. The van der Waals surface area contributed by atoms with E-state index in [-0.39, 0.29) is 23.0 Å². The highest BCUT2D eigenvalue weighted by Crippen LogP contribution is 2.20. The first kappa shape index (κ1) is 18.1. The normalized spacial score (nSPS) is 27.2. The number of hydrogen-bond acceptors (Lipinski definition) is 3. The molecule has 1 saturated heterocycles. The summed E-state index contributed by atoms with van der Waals surface area (Å²) in [6.07, 6.45) is 3.78. The van der Waals surface area contributed by atoms with Crippen LogP contribution in [0.2, 0.25) is 0 Å². The predicted molar refractivity (Wildman–Crippen MR) is 85.3 cm³/mol. The minimum atomic E-state index is -0.905. The topological polar surface area (TPSA) is 66.5 Å². The molecule has 5 atom stereocenters. The first-order valence-electron chi connectivity index (χ1n) is 7.76. The van der Waals surface area contributed by atoms with Crippen molar-refractivity contribution < 1.29 is 13.8 Å². The Labute approximate surface area is 130 Å². The van der Waals surface area contributed by atoms with Gasteiger partial charge in [0.05, 0.1) is 0 Å². The lowest BCUT2D eigenvalue weighted by molar-refractivity contribution is -0.151. The fraction of sp³-hybridized carbons (Fsp3) is 0.867. The molecular weight excluding hydrogens is 288 g/mol. The van der Waals surface area contributed by atoms with Gasteiger partial charge in [-0.25, -0.2) is 0 Å². The fourth-order valence-corrected chi connectivity index (χ4v) is 3.00. The molecule has 0 spiro atoms. The molecule has 1 aliphatic rings. The van der Waals surface area contributed by atoms with E-state index in [0.29, 0.717) is 19.4 Å². The number of carbonyl (C=O) groups is 2. The molecule has 5 unspecified atom stereocenters. The second-order valence-electron chi connectivity index (χ2n) is 5.93. The summed E-state index contributed by atoms with van der Waals surface area (Å²) in [6, 6.07) is -0.817. The number of amides is 2. The number of hydrogen-bond donors (Lipinski definition) is 1. The zero-order valence-electron chi connectivity index (χ0n) is 13.7. The Morgan fingerprint density at radius 1 is 1.29 bits per heavy atom. The van der Waals surface area contributed by atoms with E-state index in [4.69, 9.17) is 0 Å². The standard InChI is InChI=1S/C15H28N2O3S/c1-6-10(3)13-15(19)17(9-8-11(4)21(5)20)12(7-2)14(18)16-13/h10-13H,6-9H2,1-5H3,(H,16,18). The Kier molecular flexibility index (Phi) is 6.84. The maximum Gasteiger partial charge on any atom is 0.246 e. The molecule has 0 aromatic carbocycles. The second-order valence-corrected chi connectivity index (χ2v) is 7.73. The summed E-state index contributed by atoms with van der Waals surface area (Å²) in [5.74, 6) is 0.0667. The molecule has 1 heterocycles. The van der Waals surface area contributed by atoms with Crippen LogP contribution >= 0.6 is 0 Å². The molecule has 1 N–H and O–H groups in total. The van der Waals surface area contributed by atoms with Crippen LogP contribution in [0, 0.1) is 5.92 Å². The molecule has 0 aliphatic carbocycles. The van der Waals surface area contributed by atoms with Crippen LogP contribution in [0.3, 0.4) is 0 Å². The zero-order chi connectivity index (χ0) is 16.2. The highest BCUT2D eigenvalue weighted by molar-refractivity contribution is 7.84.